The molecule has 26 heavy (non-hydrogen) atoms. The number of amides is 1. The molecule has 0 bridgehead atoms. The lowest BCUT2D eigenvalue weighted by atomic mass is 9.97. The molecule has 7 heteroatoms. The van der Waals surface area contributed by atoms with E-state index in [4.69, 9.17) is 14.6 Å². The van der Waals surface area contributed by atoms with Gasteiger partial charge in [0, 0.05) is 11.1 Å². The van der Waals surface area contributed by atoms with Gasteiger partial charge in [-0.05, 0) is 26.0 Å². The maximum atomic E-state index is 10.8. The highest BCUT2D eigenvalue weighted by atomic mass is 16.8. The number of nitrogens with zero attached hydrogens (tertiary/aromatic N) is 1. The quantitative estimate of drug-likeness (QED) is 0.667. The summed E-state index contributed by atoms with van der Waals surface area (Å²) in [4.78, 5) is 18.0. The number of H-pyrrole nitrogens is 1. The average molecular weight is 353 g/mol. The summed E-state index contributed by atoms with van der Waals surface area (Å²) in [5, 5.41) is 11.1. The molecule has 2 aromatic carbocycles. The van der Waals surface area contributed by atoms with Crippen molar-refractivity contribution < 1.29 is 19.4 Å². The van der Waals surface area contributed by atoms with Crippen molar-refractivity contribution in [3.8, 4) is 0 Å². The standard InChI is InChI=1S/C19H19N3O4/c1-11-12(2)26-19(25-11,13-6-4-3-5-7-13)14-8-9-15-16(10-14)21-17(20-15)22-18(23)24/h3-12H,1-2H3,(H,23,24)(H2,20,21,22). The Bertz CT molecular complexity index is 944. The average Bonchev–Trinajstić information content (AvgIpc) is 3.15. The molecule has 1 amide bonds. The number of aromatic nitrogens is 2. The molecule has 0 saturated carbocycles. The van der Waals surface area contributed by atoms with E-state index in [9.17, 15) is 4.79 Å². The van der Waals surface area contributed by atoms with Gasteiger partial charge in [-0.25, -0.2) is 9.78 Å². The second-order valence-electron chi connectivity index (χ2n) is 6.38. The molecule has 2 heterocycles. The number of hydrogen-bond acceptors (Lipinski definition) is 4. The van der Waals surface area contributed by atoms with Crippen LogP contribution in [0.25, 0.3) is 11.0 Å². The van der Waals surface area contributed by atoms with Gasteiger partial charge in [-0.15, -0.1) is 0 Å². The van der Waals surface area contributed by atoms with Crippen LogP contribution in [-0.2, 0) is 15.3 Å². The molecule has 0 radical (unpaired) electrons. The second-order valence-corrected chi connectivity index (χ2v) is 6.38. The van der Waals surface area contributed by atoms with Gasteiger partial charge in [-0.2, -0.15) is 0 Å². The van der Waals surface area contributed by atoms with Gasteiger partial charge < -0.3 is 19.6 Å². The molecule has 1 aromatic heterocycles. The number of ether oxygens (including phenoxy) is 2. The Morgan fingerprint density at radius 3 is 2.46 bits per heavy atom. The van der Waals surface area contributed by atoms with Crippen molar-refractivity contribution in [3.63, 3.8) is 0 Å². The molecule has 7 nitrogen and oxygen atoms in total. The monoisotopic (exact) mass is 353 g/mol. The molecule has 0 spiro atoms. The van der Waals surface area contributed by atoms with Gasteiger partial charge in [0.2, 0.25) is 11.7 Å². The number of nitrogens with one attached hydrogen (secondary N) is 2. The number of imidazole rings is 1. The highest BCUT2D eigenvalue weighted by molar-refractivity contribution is 5.85. The van der Waals surface area contributed by atoms with Gasteiger partial charge >= 0.3 is 6.09 Å². The fourth-order valence-electron chi connectivity index (χ4n) is 3.21. The van der Waals surface area contributed by atoms with Crippen LogP contribution in [0.4, 0.5) is 10.7 Å². The van der Waals surface area contributed by atoms with Crippen LogP contribution in [0.1, 0.15) is 25.0 Å². The van der Waals surface area contributed by atoms with Gasteiger partial charge in [0.15, 0.2) is 0 Å². The smallest absolute Gasteiger partial charge is 0.411 e. The lowest BCUT2D eigenvalue weighted by molar-refractivity contribution is -0.147. The number of rotatable bonds is 3. The SMILES string of the molecule is CC1OC(c2ccccc2)(c2ccc3[nH]c(NC(=O)O)nc3c2)OC1C. The molecule has 134 valence electrons. The van der Waals surface area contributed by atoms with Gasteiger partial charge in [-0.1, -0.05) is 36.4 Å². The summed E-state index contributed by atoms with van der Waals surface area (Å²) < 4.78 is 12.6. The van der Waals surface area contributed by atoms with Crippen LogP contribution in [0.3, 0.4) is 0 Å². The summed E-state index contributed by atoms with van der Waals surface area (Å²) >= 11 is 0. The Balaban J connectivity index is 1.82. The molecule has 2 unspecified atom stereocenters. The Hall–Kier alpha value is -2.90. The third-order valence-corrected chi connectivity index (χ3v) is 4.61. The minimum atomic E-state index is -1.17. The van der Waals surface area contributed by atoms with E-state index in [1.54, 1.807) is 0 Å². The summed E-state index contributed by atoms with van der Waals surface area (Å²) in [7, 11) is 0. The van der Waals surface area contributed by atoms with E-state index in [2.05, 4.69) is 15.3 Å². The summed E-state index contributed by atoms with van der Waals surface area (Å²) in [6.45, 7) is 3.97. The number of anilines is 1. The normalized spacial score (nSPS) is 25.5. The van der Waals surface area contributed by atoms with Crippen molar-refractivity contribution in [3.05, 3.63) is 59.7 Å². The molecule has 3 aromatic rings. The highest BCUT2D eigenvalue weighted by Gasteiger charge is 2.47. The predicted octanol–water partition coefficient (Wildman–Crippen LogP) is 3.68. The molecule has 2 atom stereocenters. The number of carboxylic acid groups (broad SMARTS) is 1. The minimum Gasteiger partial charge on any atom is -0.465 e. The Kier molecular flexibility index (Phi) is 3.90. The molecular formula is C19H19N3O4. The summed E-state index contributed by atoms with van der Waals surface area (Å²) in [6, 6.07) is 15.4. The van der Waals surface area contributed by atoms with Crippen LogP contribution >= 0.6 is 0 Å². The molecule has 1 saturated heterocycles. The molecular weight excluding hydrogens is 334 g/mol. The van der Waals surface area contributed by atoms with E-state index in [1.165, 1.54) is 0 Å². The van der Waals surface area contributed by atoms with E-state index in [-0.39, 0.29) is 18.2 Å². The first kappa shape index (κ1) is 16.6. The van der Waals surface area contributed by atoms with E-state index >= 15 is 0 Å². The van der Waals surface area contributed by atoms with Crippen molar-refractivity contribution in [2.24, 2.45) is 0 Å². The van der Waals surface area contributed by atoms with Gasteiger partial charge in [0.25, 0.3) is 0 Å². The first-order chi connectivity index (χ1) is 12.5. The topological polar surface area (TPSA) is 96.5 Å². The van der Waals surface area contributed by atoms with Crippen molar-refractivity contribution >= 4 is 23.1 Å². The molecule has 1 fully saturated rings. The van der Waals surface area contributed by atoms with Crippen molar-refractivity contribution in [2.45, 2.75) is 31.8 Å². The zero-order chi connectivity index (χ0) is 18.3. The zero-order valence-corrected chi connectivity index (χ0v) is 14.4. The van der Waals surface area contributed by atoms with Crippen LogP contribution in [0, 0.1) is 0 Å². The lowest BCUT2D eigenvalue weighted by Crippen LogP contribution is -2.29. The third-order valence-electron chi connectivity index (χ3n) is 4.61. The molecule has 0 aliphatic carbocycles. The van der Waals surface area contributed by atoms with E-state index in [0.29, 0.717) is 5.52 Å². The van der Waals surface area contributed by atoms with Crippen LogP contribution in [0.15, 0.2) is 48.5 Å². The number of carbonyl (C=O) groups is 1. The molecule has 1 aliphatic rings. The first-order valence-electron chi connectivity index (χ1n) is 8.39. The minimum absolute atomic E-state index is 0.0747. The molecule has 1 aliphatic heterocycles. The maximum Gasteiger partial charge on any atom is 0.411 e. The van der Waals surface area contributed by atoms with Gasteiger partial charge in [-0.3, -0.25) is 5.32 Å². The van der Waals surface area contributed by atoms with E-state index < -0.39 is 11.9 Å². The van der Waals surface area contributed by atoms with Crippen molar-refractivity contribution in [1.82, 2.24) is 9.97 Å². The van der Waals surface area contributed by atoms with Crippen molar-refractivity contribution in [1.29, 1.82) is 0 Å². The number of fused-ring (bicyclic) bond motifs is 1. The fraction of sp³-hybridized carbons (Fsp3) is 0.263. The third kappa shape index (κ3) is 2.71. The summed E-state index contributed by atoms with van der Waals surface area (Å²) in [6.07, 6.45) is -1.32. The molecule has 4 rings (SSSR count). The van der Waals surface area contributed by atoms with Crippen molar-refractivity contribution in [2.75, 3.05) is 5.32 Å². The fourth-order valence-corrected chi connectivity index (χ4v) is 3.21. The second kappa shape index (κ2) is 6.12. The highest BCUT2D eigenvalue weighted by Crippen LogP contribution is 2.43. The molecule has 3 N–H and O–H groups in total. The van der Waals surface area contributed by atoms with E-state index in [0.717, 1.165) is 16.6 Å². The largest absolute Gasteiger partial charge is 0.465 e. The van der Waals surface area contributed by atoms with Crippen LogP contribution in [0.5, 0.6) is 0 Å². The van der Waals surface area contributed by atoms with E-state index in [1.807, 2.05) is 62.4 Å². The summed E-state index contributed by atoms with van der Waals surface area (Å²) in [5.74, 6) is -0.846. The summed E-state index contributed by atoms with van der Waals surface area (Å²) in [5.41, 5.74) is 3.05. The number of aromatic amines is 1. The Morgan fingerprint density at radius 2 is 1.81 bits per heavy atom. The number of benzene rings is 2. The number of hydrogen-bond donors (Lipinski definition) is 3. The maximum absolute atomic E-state index is 10.8. The first-order valence-corrected chi connectivity index (χ1v) is 8.39. The lowest BCUT2D eigenvalue weighted by Gasteiger charge is -2.29. The predicted molar refractivity (Wildman–Crippen MR) is 96.1 cm³/mol. The van der Waals surface area contributed by atoms with Crippen LogP contribution < -0.4 is 5.32 Å². The van der Waals surface area contributed by atoms with Gasteiger partial charge in [0.05, 0.1) is 23.2 Å². The van der Waals surface area contributed by atoms with Crippen LogP contribution in [0.2, 0.25) is 0 Å². The van der Waals surface area contributed by atoms with Gasteiger partial charge in [0.1, 0.15) is 0 Å². The Morgan fingerprint density at radius 1 is 1.12 bits per heavy atom. The zero-order valence-electron chi connectivity index (χ0n) is 14.4. The Labute approximate surface area is 150 Å². The van der Waals surface area contributed by atoms with Crippen LogP contribution in [-0.4, -0.2) is 33.4 Å².